The quantitative estimate of drug-likeness (QED) is 0.881. The first kappa shape index (κ1) is 16.2. The fourth-order valence-corrected chi connectivity index (χ4v) is 3.17. The molecule has 1 fully saturated rings. The number of hydrogen-bond acceptors (Lipinski definition) is 3. The van der Waals surface area contributed by atoms with Crippen molar-refractivity contribution in [1.29, 1.82) is 0 Å². The summed E-state index contributed by atoms with van der Waals surface area (Å²) in [5, 5.41) is 1.03. The number of rotatable bonds is 3. The number of nitrogens with two attached hydrogens (primary N) is 1. The Balaban J connectivity index is 1.80. The topological polar surface area (TPSA) is 76.3 Å². The smallest absolute Gasteiger partial charge is 0.246 e. The largest absolute Gasteiger partial charge is 0.369 e. The molecule has 1 aromatic carbocycles. The molecule has 0 radical (unpaired) electrons. The minimum absolute atomic E-state index is 0.0959. The Bertz CT molecular complexity index is 795. The van der Waals surface area contributed by atoms with Crippen molar-refractivity contribution in [3.05, 3.63) is 48.2 Å². The molecule has 0 spiro atoms. The first-order valence-corrected chi connectivity index (χ1v) is 8.18. The van der Waals surface area contributed by atoms with Crippen LogP contribution in [0, 0.1) is 5.92 Å². The van der Waals surface area contributed by atoms with Gasteiger partial charge in [0.1, 0.15) is 0 Å². The second-order valence-electron chi connectivity index (χ2n) is 6.27. The highest BCUT2D eigenvalue weighted by molar-refractivity contribution is 5.95. The predicted molar refractivity (Wildman–Crippen MR) is 93.9 cm³/mol. The molecule has 1 saturated heterocycles. The van der Waals surface area contributed by atoms with Crippen molar-refractivity contribution >= 4 is 28.8 Å². The van der Waals surface area contributed by atoms with Crippen molar-refractivity contribution < 1.29 is 9.59 Å². The number of piperidine rings is 1. The molecule has 5 nitrogen and oxygen atoms in total. The first-order chi connectivity index (χ1) is 11.6. The highest BCUT2D eigenvalue weighted by atomic mass is 16.2. The standard InChI is InChI=1S/C19H21N3O2/c1-13-7-8-16(19(20)24)12-22(13)17(23)10-9-15-5-2-4-14-6-3-11-21-18(14)15/h2-6,9-11,13,16H,7-8,12H2,1H3,(H2,20,24)/b10-9+/t13-,16+/m1/s1. The highest BCUT2D eigenvalue weighted by Crippen LogP contribution is 2.23. The fourth-order valence-electron chi connectivity index (χ4n) is 3.17. The van der Waals surface area contributed by atoms with E-state index >= 15 is 0 Å². The van der Waals surface area contributed by atoms with Gasteiger partial charge in [-0.25, -0.2) is 0 Å². The maximum Gasteiger partial charge on any atom is 0.246 e. The van der Waals surface area contributed by atoms with Gasteiger partial charge < -0.3 is 10.6 Å². The van der Waals surface area contributed by atoms with Crippen molar-refractivity contribution in [3.8, 4) is 0 Å². The molecule has 0 saturated carbocycles. The molecular formula is C19H21N3O2. The van der Waals surface area contributed by atoms with Gasteiger partial charge in [-0.1, -0.05) is 24.3 Å². The van der Waals surface area contributed by atoms with Gasteiger partial charge in [-0.15, -0.1) is 0 Å². The molecule has 2 atom stereocenters. The molecule has 2 heterocycles. The normalized spacial score (nSPS) is 21.3. The van der Waals surface area contributed by atoms with Gasteiger partial charge in [0, 0.05) is 35.8 Å². The molecule has 0 aliphatic carbocycles. The summed E-state index contributed by atoms with van der Waals surface area (Å²) in [4.78, 5) is 30.1. The molecule has 0 bridgehead atoms. The van der Waals surface area contributed by atoms with Crippen LogP contribution in [-0.2, 0) is 9.59 Å². The van der Waals surface area contributed by atoms with Crippen LogP contribution in [0.5, 0.6) is 0 Å². The molecule has 1 aliphatic heterocycles. The molecule has 1 aliphatic rings. The monoisotopic (exact) mass is 323 g/mol. The Morgan fingerprint density at radius 2 is 2.04 bits per heavy atom. The van der Waals surface area contributed by atoms with Gasteiger partial charge in [0.05, 0.1) is 11.4 Å². The van der Waals surface area contributed by atoms with Crippen LogP contribution < -0.4 is 5.73 Å². The average Bonchev–Trinajstić information content (AvgIpc) is 2.59. The Morgan fingerprint density at radius 3 is 2.83 bits per heavy atom. The van der Waals surface area contributed by atoms with Crippen LogP contribution in [0.1, 0.15) is 25.3 Å². The number of benzene rings is 1. The molecule has 5 heteroatoms. The number of carbonyl (C=O) groups excluding carboxylic acids is 2. The molecule has 0 unspecified atom stereocenters. The highest BCUT2D eigenvalue weighted by Gasteiger charge is 2.30. The number of fused-ring (bicyclic) bond motifs is 1. The lowest BCUT2D eigenvalue weighted by Crippen LogP contribution is -2.48. The zero-order chi connectivity index (χ0) is 17.1. The third kappa shape index (κ3) is 3.30. The summed E-state index contributed by atoms with van der Waals surface area (Å²) >= 11 is 0. The number of likely N-dealkylation sites (tertiary alicyclic amines) is 1. The third-order valence-corrected chi connectivity index (χ3v) is 4.64. The maximum absolute atomic E-state index is 12.6. The number of nitrogens with zero attached hydrogens (tertiary/aromatic N) is 2. The summed E-state index contributed by atoms with van der Waals surface area (Å²) in [6, 6.07) is 9.87. The second kappa shape index (κ2) is 6.83. The molecule has 3 rings (SSSR count). The van der Waals surface area contributed by atoms with Crippen LogP contribution in [0.4, 0.5) is 0 Å². The van der Waals surface area contributed by atoms with Gasteiger partial charge in [-0.2, -0.15) is 0 Å². The fraction of sp³-hybridized carbons (Fsp3) is 0.316. The van der Waals surface area contributed by atoms with Gasteiger partial charge in [0.2, 0.25) is 11.8 Å². The zero-order valence-corrected chi connectivity index (χ0v) is 13.7. The molecule has 1 aromatic heterocycles. The van der Waals surface area contributed by atoms with Gasteiger partial charge in [0.25, 0.3) is 0 Å². The summed E-state index contributed by atoms with van der Waals surface area (Å²) < 4.78 is 0. The van der Waals surface area contributed by atoms with Crippen LogP contribution in [-0.4, -0.2) is 34.3 Å². The zero-order valence-electron chi connectivity index (χ0n) is 13.7. The van der Waals surface area contributed by atoms with E-state index in [0.717, 1.165) is 29.3 Å². The Hall–Kier alpha value is -2.69. The van der Waals surface area contributed by atoms with E-state index in [9.17, 15) is 9.59 Å². The number of carbonyl (C=O) groups is 2. The van der Waals surface area contributed by atoms with E-state index in [1.807, 2.05) is 37.3 Å². The van der Waals surface area contributed by atoms with Gasteiger partial charge in [-0.3, -0.25) is 14.6 Å². The second-order valence-corrected chi connectivity index (χ2v) is 6.27. The SMILES string of the molecule is C[C@@H]1CC[C@H](C(N)=O)CN1C(=O)/C=C/c1cccc2cccnc12. The van der Waals surface area contributed by atoms with E-state index < -0.39 is 0 Å². The summed E-state index contributed by atoms with van der Waals surface area (Å²) in [6.45, 7) is 2.40. The van der Waals surface area contributed by atoms with Crippen LogP contribution in [0.25, 0.3) is 17.0 Å². The lowest BCUT2D eigenvalue weighted by atomic mass is 9.93. The Kier molecular flexibility index (Phi) is 4.60. The molecule has 2 amide bonds. The number of hydrogen-bond donors (Lipinski definition) is 1. The minimum atomic E-state index is -0.332. The lowest BCUT2D eigenvalue weighted by molar-refractivity contribution is -0.133. The van der Waals surface area contributed by atoms with E-state index in [1.165, 1.54) is 0 Å². The minimum Gasteiger partial charge on any atom is -0.369 e. The van der Waals surface area contributed by atoms with Crippen LogP contribution in [0.3, 0.4) is 0 Å². The summed E-state index contributed by atoms with van der Waals surface area (Å²) in [5.41, 5.74) is 7.17. The number of aromatic nitrogens is 1. The van der Waals surface area contributed by atoms with Crippen LogP contribution in [0.15, 0.2) is 42.6 Å². The van der Waals surface area contributed by atoms with Gasteiger partial charge in [-0.05, 0) is 31.9 Å². The Morgan fingerprint density at radius 1 is 1.25 bits per heavy atom. The van der Waals surface area contributed by atoms with E-state index in [4.69, 9.17) is 5.73 Å². The average molecular weight is 323 g/mol. The Labute approximate surface area is 141 Å². The maximum atomic E-state index is 12.6. The van der Waals surface area contributed by atoms with Crippen molar-refractivity contribution in [1.82, 2.24) is 9.88 Å². The van der Waals surface area contributed by atoms with Gasteiger partial charge in [0.15, 0.2) is 0 Å². The number of pyridine rings is 1. The van der Waals surface area contributed by atoms with Crippen molar-refractivity contribution in [2.45, 2.75) is 25.8 Å². The molecule has 24 heavy (non-hydrogen) atoms. The molecular weight excluding hydrogens is 302 g/mol. The van der Waals surface area contributed by atoms with Gasteiger partial charge >= 0.3 is 0 Å². The van der Waals surface area contributed by atoms with Crippen molar-refractivity contribution in [2.75, 3.05) is 6.54 Å². The number of para-hydroxylation sites is 1. The van der Waals surface area contributed by atoms with Crippen molar-refractivity contribution in [2.24, 2.45) is 11.7 Å². The predicted octanol–water partition coefficient (Wildman–Crippen LogP) is 2.36. The van der Waals surface area contributed by atoms with E-state index in [-0.39, 0.29) is 23.8 Å². The van der Waals surface area contributed by atoms with Crippen LogP contribution in [0.2, 0.25) is 0 Å². The van der Waals surface area contributed by atoms with Crippen molar-refractivity contribution in [3.63, 3.8) is 0 Å². The molecule has 124 valence electrons. The summed E-state index contributed by atoms with van der Waals surface area (Å²) in [5.74, 6) is -0.680. The summed E-state index contributed by atoms with van der Waals surface area (Å²) in [6.07, 6.45) is 6.63. The molecule has 2 N–H and O–H groups in total. The van der Waals surface area contributed by atoms with E-state index in [0.29, 0.717) is 6.54 Å². The molecule has 2 aromatic rings. The lowest BCUT2D eigenvalue weighted by Gasteiger charge is -2.36. The summed E-state index contributed by atoms with van der Waals surface area (Å²) in [7, 11) is 0. The third-order valence-electron chi connectivity index (χ3n) is 4.64. The van der Waals surface area contributed by atoms with Crippen LogP contribution >= 0.6 is 0 Å². The van der Waals surface area contributed by atoms with E-state index in [1.54, 1.807) is 23.2 Å². The van der Waals surface area contributed by atoms with E-state index in [2.05, 4.69) is 4.98 Å². The number of amides is 2. The number of primary amides is 1. The first-order valence-electron chi connectivity index (χ1n) is 8.18.